The van der Waals surface area contributed by atoms with E-state index in [1.54, 1.807) is 17.3 Å². The molecule has 1 fully saturated rings. The summed E-state index contributed by atoms with van der Waals surface area (Å²) in [4.78, 5) is 45.4. The van der Waals surface area contributed by atoms with Crippen molar-refractivity contribution < 1.29 is 47.8 Å². The number of carbonyl (C=O) groups is 2. The number of carbonyl (C=O) groups excluding carboxylic acids is 3. The summed E-state index contributed by atoms with van der Waals surface area (Å²) >= 11 is 0. The summed E-state index contributed by atoms with van der Waals surface area (Å²) in [5, 5.41) is 0. The van der Waals surface area contributed by atoms with Crippen LogP contribution in [0.3, 0.4) is 0 Å². The third kappa shape index (κ3) is 6.28. The number of halogens is 1. The van der Waals surface area contributed by atoms with E-state index in [1.165, 1.54) is 16.5 Å². The molecule has 6 rings (SSSR count). The average molecular weight is 581 g/mol. The molecule has 4 heterocycles. The minimum atomic E-state index is -0.965. The number of ether oxygens (including phenoxy) is 1. The summed E-state index contributed by atoms with van der Waals surface area (Å²) in [6.45, 7) is 7.71. The van der Waals surface area contributed by atoms with E-state index in [0.29, 0.717) is 35.8 Å². The maximum absolute atomic E-state index is 15.3. The van der Waals surface area contributed by atoms with E-state index < -0.39 is 17.5 Å². The van der Waals surface area contributed by atoms with Gasteiger partial charge in [0.2, 0.25) is 0 Å². The normalized spacial score (nSPS) is 17.1. The number of fused-ring (bicyclic) bond motifs is 2. The monoisotopic (exact) mass is 580 g/mol. The summed E-state index contributed by atoms with van der Waals surface area (Å²) in [5.74, 6) is -0.538. The number of hydrogen-bond donors (Lipinski definition) is 0. The Morgan fingerprint density at radius 1 is 1.09 bits per heavy atom. The van der Waals surface area contributed by atoms with Gasteiger partial charge in [0, 0.05) is 43.0 Å². The van der Waals surface area contributed by atoms with Gasteiger partial charge in [0.15, 0.2) is 0 Å². The van der Waals surface area contributed by atoms with Crippen LogP contribution < -0.4 is 18.9 Å². The molecule has 2 amide bonds. The SMILES string of the molecule is CC(C)(C)OC(=O)N1CCC(c2ccc(-c3cc(F)c4c(c3)C(=O)N(C([C-]=O)c3ncn5c3CCC5)C4)cc2)CC1.[Li+].[O-2]. The summed E-state index contributed by atoms with van der Waals surface area (Å²) in [7, 11) is 0. The number of likely N-dealkylation sites (tertiary alicyclic amines) is 1. The number of aryl methyl sites for hydroxylation is 1. The first kappa shape index (κ1) is 32.5. The van der Waals surface area contributed by atoms with Gasteiger partial charge in [-0.1, -0.05) is 24.3 Å². The summed E-state index contributed by atoms with van der Waals surface area (Å²) in [6, 6.07) is 10.2. The van der Waals surface area contributed by atoms with Gasteiger partial charge in [-0.2, -0.15) is 0 Å². The second-order valence-corrected chi connectivity index (χ2v) is 12.2. The predicted molar refractivity (Wildman–Crippen MR) is 151 cm³/mol. The van der Waals surface area contributed by atoms with Crippen molar-refractivity contribution in [3.8, 4) is 11.1 Å². The molecule has 43 heavy (non-hydrogen) atoms. The van der Waals surface area contributed by atoms with Crippen molar-refractivity contribution in [2.75, 3.05) is 13.1 Å². The molecule has 0 bridgehead atoms. The molecule has 3 aromatic rings. The van der Waals surface area contributed by atoms with Crippen molar-refractivity contribution in [2.45, 2.75) is 77.1 Å². The summed E-state index contributed by atoms with van der Waals surface area (Å²) in [5.41, 5.74) is 4.11. The molecule has 11 heteroatoms. The molecule has 0 aliphatic carbocycles. The van der Waals surface area contributed by atoms with Gasteiger partial charge in [-0.05, 0) is 87.2 Å². The first-order valence-corrected chi connectivity index (χ1v) is 14.3. The Hall–Kier alpha value is -3.45. The summed E-state index contributed by atoms with van der Waals surface area (Å²) in [6.07, 6.45) is 6.85. The minimum absolute atomic E-state index is 0. The molecule has 3 aliphatic heterocycles. The van der Waals surface area contributed by atoms with Crippen LogP contribution in [0.2, 0.25) is 0 Å². The maximum atomic E-state index is 15.3. The molecule has 0 N–H and O–H groups in total. The number of imidazole rings is 1. The van der Waals surface area contributed by atoms with Gasteiger partial charge in [-0.15, -0.1) is 0 Å². The molecular weight excluding hydrogens is 546 g/mol. The molecule has 1 unspecified atom stereocenters. The van der Waals surface area contributed by atoms with Crippen LogP contribution in [0.4, 0.5) is 9.18 Å². The van der Waals surface area contributed by atoms with Crippen LogP contribution >= 0.6 is 0 Å². The number of nitrogens with zero attached hydrogens (tertiary/aromatic N) is 4. The van der Waals surface area contributed by atoms with Crippen LogP contribution in [0.25, 0.3) is 11.1 Å². The van der Waals surface area contributed by atoms with E-state index in [0.717, 1.165) is 43.5 Å². The zero-order valence-electron chi connectivity index (χ0n) is 25.1. The van der Waals surface area contributed by atoms with E-state index in [-0.39, 0.29) is 48.4 Å². The minimum Gasteiger partial charge on any atom is -2.00 e. The molecule has 1 saturated heterocycles. The first-order valence-electron chi connectivity index (χ1n) is 14.3. The molecule has 2 aromatic carbocycles. The van der Waals surface area contributed by atoms with E-state index >= 15 is 4.39 Å². The predicted octanol–water partition coefficient (Wildman–Crippen LogP) is 2.44. The second-order valence-electron chi connectivity index (χ2n) is 12.2. The van der Waals surface area contributed by atoms with E-state index in [4.69, 9.17) is 4.74 Å². The van der Waals surface area contributed by atoms with Crippen molar-refractivity contribution in [1.82, 2.24) is 19.4 Å². The zero-order chi connectivity index (χ0) is 28.9. The third-order valence-electron chi connectivity index (χ3n) is 8.35. The molecule has 0 saturated carbocycles. The van der Waals surface area contributed by atoms with Crippen LogP contribution in [-0.4, -0.2) is 56.3 Å². The van der Waals surface area contributed by atoms with Gasteiger partial charge in [0.25, 0.3) is 5.91 Å². The van der Waals surface area contributed by atoms with Gasteiger partial charge >= 0.3 is 25.0 Å². The van der Waals surface area contributed by atoms with Crippen LogP contribution in [0.1, 0.15) is 84.9 Å². The van der Waals surface area contributed by atoms with E-state index in [9.17, 15) is 14.4 Å². The standard InChI is InChI=1S/C32H34FN4O4.Li.O/c1-32(2,3)41-31(40)35-13-10-22(11-14-35)20-6-8-21(9-7-20)23-15-24-25(26(33)16-23)17-37(30(24)39)28(18-38)29-27-5-4-12-36(27)19-34-29;;/h6-9,15-16,19,22,28H,4-5,10-14,17H2,1-3H3;;/q-1;+1;-2. The molecule has 222 valence electrons. The smallest absolute Gasteiger partial charge is 1.00 e. The van der Waals surface area contributed by atoms with Gasteiger partial charge in [0.1, 0.15) is 11.4 Å². The molecule has 0 radical (unpaired) electrons. The third-order valence-corrected chi connectivity index (χ3v) is 8.35. The Kier molecular flexibility index (Phi) is 9.55. The first-order chi connectivity index (χ1) is 19.6. The van der Waals surface area contributed by atoms with Crippen LogP contribution in [0.15, 0.2) is 42.7 Å². The summed E-state index contributed by atoms with van der Waals surface area (Å²) < 4.78 is 22.8. The van der Waals surface area contributed by atoms with E-state index in [2.05, 4.69) is 4.98 Å². The van der Waals surface area contributed by atoms with Gasteiger partial charge in [0.05, 0.1) is 12.0 Å². The Labute approximate surface area is 262 Å². The number of benzene rings is 2. The van der Waals surface area contributed by atoms with Gasteiger partial charge in [-0.25, -0.2) is 20.5 Å². The van der Waals surface area contributed by atoms with Crippen molar-refractivity contribution in [2.24, 2.45) is 0 Å². The van der Waals surface area contributed by atoms with Crippen molar-refractivity contribution >= 4 is 18.3 Å². The topological polar surface area (TPSA) is 113 Å². The molecule has 9 nitrogen and oxygen atoms in total. The fourth-order valence-electron chi connectivity index (χ4n) is 6.23. The Bertz CT molecular complexity index is 1510. The number of hydrogen-bond acceptors (Lipinski definition) is 5. The Morgan fingerprint density at radius 3 is 2.44 bits per heavy atom. The average Bonchev–Trinajstić information content (AvgIpc) is 3.65. The Balaban J connectivity index is 0.00000212. The molecular formula is C32H34FLiN4O5-2. The van der Waals surface area contributed by atoms with E-state index in [1.807, 2.05) is 55.9 Å². The van der Waals surface area contributed by atoms with Crippen LogP contribution in [-0.2, 0) is 34.5 Å². The largest absolute Gasteiger partial charge is 2.00 e. The number of rotatable bonds is 5. The fourth-order valence-corrected chi connectivity index (χ4v) is 6.23. The zero-order valence-corrected chi connectivity index (χ0v) is 25.1. The van der Waals surface area contributed by atoms with Crippen molar-refractivity contribution in [3.05, 3.63) is 76.6 Å². The molecule has 0 spiro atoms. The van der Waals surface area contributed by atoms with Gasteiger partial charge in [-0.3, -0.25) is 4.79 Å². The van der Waals surface area contributed by atoms with Crippen molar-refractivity contribution in [3.63, 3.8) is 0 Å². The maximum Gasteiger partial charge on any atom is 1.00 e. The Morgan fingerprint density at radius 2 is 1.79 bits per heavy atom. The second kappa shape index (κ2) is 12.6. The van der Waals surface area contributed by atoms with Crippen molar-refractivity contribution in [1.29, 1.82) is 0 Å². The number of aromatic nitrogens is 2. The quantitative estimate of drug-likeness (QED) is 0.340. The number of amides is 2. The molecule has 3 aliphatic rings. The van der Waals surface area contributed by atoms with Gasteiger partial charge < -0.3 is 29.4 Å². The van der Waals surface area contributed by atoms with Crippen LogP contribution in [0.5, 0.6) is 0 Å². The molecule has 1 aromatic heterocycles. The molecule has 1 atom stereocenters. The fraction of sp³-hybridized carbons (Fsp3) is 0.438. The van der Waals surface area contributed by atoms with Crippen LogP contribution in [0, 0.1) is 5.82 Å². The number of piperidine rings is 1.